The molecule has 6 heteroatoms. The van der Waals surface area contributed by atoms with Crippen LogP contribution in [0.15, 0.2) is 5.38 Å². The van der Waals surface area contributed by atoms with E-state index >= 15 is 0 Å². The number of piperidine rings is 1. The van der Waals surface area contributed by atoms with Crippen molar-refractivity contribution >= 4 is 17.2 Å². The van der Waals surface area contributed by atoms with E-state index < -0.39 is 0 Å². The van der Waals surface area contributed by atoms with E-state index in [0.29, 0.717) is 13.1 Å². The van der Waals surface area contributed by atoms with Crippen LogP contribution in [0.5, 0.6) is 0 Å². The van der Waals surface area contributed by atoms with Crippen LogP contribution in [-0.2, 0) is 16.1 Å². The highest BCUT2D eigenvalue weighted by Crippen LogP contribution is 2.30. The maximum atomic E-state index is 12.1. The van der Waals surface area contributed by atoms with Gasteiger partial charge in [-0.2, -0.15) is 0 Å². The molecule has 110 valence electrons. The number of ether oxygens (including phenoxy) is 1. The maximum Gasteiger partial charge on any atom is 0.249 e. The number of likely N-dealkylation sites (tertiary alicyclic amines) is 1. The Labute approximate surface area is 123 Å². The van der Waals surface area contributed by atoms with Crippen molar-refractivity contribution in [1.29, 1.82) is 0 Å². The number of hydrogen-bond acceptors (Lipinski definition) is 5. The van der Waals surface area contributed by atoms with E-state index in [0.717, 1.165) is 36.6 Å². The third-order valence-corrected chi connectivity index (χ3v) is 5.07. The molecule has 1 aromatic heterocycles. The Morgan fingerprint density at radius 1 is 1.45 bits per heavy atom. The van der Waals surface area contributed by atoms with Gasteiger partial charge in [0, 0.05) is 18.5 Å². The summed E-state index contributed by atoms with van der Waals surface area (Å²) in [5.41, 5.74) is 0.858. The Hall–Kier alpha value is -0.980. The molecule has 0 radical (unpaired) electrons. The minimum absolute atomic E-state index is 0.0835. The molecule has 0 bridgehead atoms. The molecule has 2 aliphatic heterocycles. The van der Waals surface area contributed by atoms with Crippen molar-refractivity contribution in [3.63, 3.8) is 0 Å². The van der Waals surface area contributed by atoms with Crippen molar-refractivity contribution < 1.29 is 9.53 Å². The second-order valence-electron chi connectivity index (χ2n) is 5.88. The molecule has 3 rings (SSSR count). The van der Waals surface area contributed by atoms with E-state index in [2.05, 4.69) is 16.9 Å². The number of carbonyl (C=O) groups is 1. The molecule has 20 heavy (non-hydrogen) atoms. The van der Waals surface area contributed by atoms with Crippen LogP contribution in [0.3, 0.4) is 0 Å². The summed E-state index contributed by atoms with van der Waals surface area (Å²) >= 11 is 1.63. The first-order valence-corrected chi connectivity index (χ1v) is 7.96. The van der Waals surface area contributed by atoms with Gasteiger partial charge in [0.1, 0.15) is 6.61 Å². The molecule has 1 aromatic rings. The van der Waals surface area contributed by atoms with Gasteiger partial charge in [0.2, 0.25) is 5.91 Å². The lowest BCUT2D eigenvalue weighted by Gasteiger charge is -2.46. The van der Waals surface area contributed by atoms with Crippen molar-refractivity contribution in [2.75, 3.05) is 33.3 Å². The first kappa shape index (κ1) is 14.0. The zero-order valence-electron chi connectivity index (χ0n) is 12.1. The fraction of sp³-hybridized carbons (Fsp3) is 0.714. The zero-order chi connectivity index (χ0) is 14.2. The summed E-state index contributed by atoms with van der Waals surface area (Å²) in [6.45, 7) is 5.61. The minimum Gasteiger partial charge on any atom is -0.363 e. The van der Waals surface area contributed by atoms with Crippen LogP contribution in [0.1, 0.15) is 23.5 Å². The Morgan fingerprint density at radius 2 is 2.20 bits per heavy atom. The predicted molar refractivity (Wildman–Crippen MR) is 77.7 cm³/mol. The molecule has 3 heterocycles. The molecular weight excluding hydrogens is 274 g/mol. The Balaban J connectivity index is 1.68. The Kier molecular flexibility index (Phi) is 3.79. The van der Waals surface area contributed by atoms with Crippen LogP contribution in [-0.4, -0.2) is 59.6 Å². The van der Waals surface area contributed by atoms with Gasteiger partial charge in [0.25, 0.3) is 0 Å². The summed E-state index contributed by atoms with van der Waals surface area (Å²) in [7, 11) is 2.14. The summed E-state index contributed by atoms with van der Waals surface area (Å²) in [4.78, 5) is 20.8. The molecule has 0 N–H and O–H groups in total. The lowest BCUT2D eigenvalue weighted by Crippen LogP contribution is -2.58. The first-order valence-electron chi connectivity index (χ1n) is 7.08. The molecule has 0 aromatic carbocycles. The molecule has 2 saturated heterocycles. The standard InChI is InChI=1S/C14H21N3O2S/c1-11-15-12(9-20-11)7-17-10-14(19-8-13(17)18)3-5-16(2)6-4-14/h9H,3-8,10H2,1-2H3. The minimum atomic E-state index is -0.133. The number of aromatic nitrogens is 1. The molecule has 0 atom stereocenters. The third kappa shape index (κ3) is 2.87. The summed E-state index contributed by atoms with van der Waals surface area (Å²) in [5, 5.41) is 3.09. The van der Waals surface area contributed by atoms with Crippen LogP contribution < -0.4 is 0 Å². The number of carbonyl (C=O) groups excluding carboxylic acids is 1. The molecule has 1 amide bonds. The fourth-order valence-corrected chi connectivity index (χ4v) is 3.54. The van der Waals surface area contributed by atoms with E-state index in [4.69, 9.17) is 4.74 Å². The van der Waals surface area contributed by atoms with Gasteiger partial charge in [-0.15, -0.1) is 11.3 Å². The largest absolute Gasteiger partial charge is 0.363 e. The van der Waals surface area contributed by atoms with Gasteiger partial charge in [-0.3, -0.25) is 4.79 Å². The zero-order valence-corrected chi connectivity index (χ0v) is 12.9. The molecule has 0 unspecified atom stereocenters. The van der Waals surface area contributed by atoms with Crippen LogP contribution in [0.2, 0.25) is 0 Å². The van der Waals surface area contributed by atoms with Gasteiger partial charge < -0.3 is 14.5 Å². The number of rotatable bonds is 2. The summed E-state index contributed by atoms with van der Waals surface area (Å²) in [6, 6.07) is 0. The molecular formula is C14H21N3O2S. The smallest absolute Gasteiger partial charge is 0.249 e. The summed E-state index contributed by atoms with van der Waals surface area (Å²) in [6.07, 6.45) is 2.01. The second kappa shape index (κ2) is 5.42. The number of thiazole rings is 1. The number of morpholine rings is 1. The van der Waals surface area contributed by atoms with Crippen molar-refractivity contribution in [1.82, 2.24) is 14.8 Å². The SMILES string of the molecule is Cc1nc(CN2CC3(CCN(C)CC3)OCC2=O)cs1. The van der Waals surface area contributed by atoms with Crippen LogP contribution in [0.25, 0.3) is 0 Å². The maximum absolute atomic E-state index is 12.1. The number of hydrogen-bond donors (Lipinski definition) is 0. The molecule has 2 fully saturated rings. The number of amides is 1. The van der Waals surface area contributed by atoms with Crippen molar-refractivity contribution in [2.24, 2.45) is 0 Å². The molecule has 5 nitrogen and oxygen atoms in total. The van der Waals surface area contributed by atoms with Crippen LogP contribution in [0, 0.1) is 6.92 Å². The van der Waals surface area contributed by atoms with E-state index in [1.165, 1.54) is 0 Å². The van der Waals surface area contributed by atoms with Gasteiger partial charge in [0.15, 0.2) is 0 Å². The monoisotopic (exact) mass is 295 g/mol. The lowest BCUT2D eigenvalue weighted by atomic mass is 9.89. The second-order valence-corrected chi connectivity index (χ2v) is 6.94. The fourth-order valence-electron chi connectivity index (χ4n) is 2.94. The number of aryl methyl sites for hydroxylation is 1. The van der Waals surface area contributed by atoms with Crippen molar-refractivity contribution in [3.05, 3.63) is 16.1 Å². The lowest BCUT2D eigenvalue weighted by molar-refractivity contribution is -0.172. The molecule has 0 aliphatic carbocycles. The van der Waals surface area contributed by atoms with Gasteiger partial charge in [-0.1, -0.05) is 0 Å². The molecule has 1 spiro atoms. The first-order chi connectivity index (χ1) is 9.56. The summed E-state index contributed by atoms with van der Waals surface area (Å²) < 4.78 is 5.90. The van der Waals surface area contributed by atoms with Gasteiger partial charge >= 0.3 is 0 Å². The quantitative estimate of drug-likeness (QED) is 0.824. The average molecular weight is 295 g/mol. The van der Waals surface area contributed by atoms with Gasteiger partial charge in [-0.25, -0.2) is 4.98 Å². The Bertz CT molecular complexity index is 494. The van der Waals surface area contributed by atoms with Gasteiger partial charge in [0.05, 0.1) is 29.4 Å². The highest BCUT2D eigenvalue weighted by molar-refractivity contribution is 7.09. The van der Waals surface area contributed by atoms with E-state index in [1.807, 2.05) is 17.2 Å². The van der Waals surface area contributed by atoms with Crippen LogP contribution in [0.4, 0.5) is 0 Å². The Morgan fingerprint density at radius 3 is 2.85 bits per heavy atom. The van der Waals surface area contributed by atoms with E-state index in [9.17, 15) is 4.79 Å². The van der Waals surface area contributed by atoms with E-state index in [-0.39, 0.29) is 18.1 Å². The third-order valence-electron chi connectivity index (χ3n) is 4.25. The average Bonchev–Trinajstić information content (AvgIpc) is 2.83. The van der Waals surface area contributed by atoms with E-state index in [1.54, 1.807) is 11.3 Å². The highest BCUT2D eigenvalue weighted by Gasteiger charge is 2.41. The number of nitrogens with zero attached hydrogens (tertiary/aromatic N) is 3. The predicted octanol–water partition coefficient (Wildman–Crippen LogP) is 1.27. The highest BCUT2D eigenvalue weighted by atomic mass is 32.1. The van der Waals surface area contributed by atoms with Crippen molar-refractivity contribution in [3.8, 4) is 0 Å². The normalized spacial score (nSPS) is 23.5. The van der Waals surface area contributed by atoms with Crippen LogP contribution >= 0.6 is 11.3 Å². The van der Waals surface area contributed by atoms with Gasteiger partial charge in [-0.05, 0) is 26.8 Å². The molecule has 0 saturated carbocycles. The topological polar surface area (TPSA) is 45.7 Å². The summed E-state index contributed by atoms with van der Waals surface area (Å²) in [5.74, 6) is 0.0835. The molecule has 2 aliphatic rings. The van der Waals surface area contributed by atoms with Crippen molar-refractivity contribution in [2.45, 2.75) is 31.9 Å².